The molecule has 3 unspecified atom stereocenters. The Morgan fingerprint density at radius 2 is 1.83 bits per heavy atom. The Labute approximate surface area is 210 Å². The van der Waals surface area contributed by atoms with Crippen LogP contribution < -0.4 is 10.6 Å². The molecule has 8 heteroatoms. The third kappa shape index (κ3) is 9.23. The second kappa shape index (κ2) is 13.7. The summed E-state index contributed by atoms with van der Waals surface area (Å²) in [6, 6.07) is 5.73. The van der Waals surface area contributed by atoms with Crippen molar-refractivity contribution in [1.82, 2.24) is 15.5 Å². The highest BCUT2D eigenvalue weighted by atomic mass is 16.6. The van der Waals surface area contributed by atoms with Crippen molar-refractivity contribution in [2.24, 2.45) is 5.92 Å². The average molecular weight is 487 g/mol. The van der Waals surface area contributed by atoms with E-state index in [1.807, 2.05) is 58.9 Å². The minimum absolute atomic E-state index is 0.251. The van der Waals surface area contributed by atoms with Gasteiger partial charge in [-0.15, -0.1) is 0 Å². The van der Waals surface area contributed by atoms with Crippen LogP contribution in [0.1, 0.15) is 83.5 Å². The Morgan fingerprint density at radius 3 is 2.34 bits per heavy atom. The number of hydrogen-bond donors (Lipinski definition) is 2. The number of hydrogen-bond acceptors (Lipinski definition) is 5. The molecule has 3 atom stereocenters. The number of carbonyl (C=O) groups excluding carboxylic acids is 3. The molecule has 0 aliphatic rings. The smallest absolute Gasteiger partial charge is 0.408 e. The van der Waals surface area contributed by atoms with Gasteiger partial charge in [-0.05, 0) is 58.1 Å². The predicted molar refractivity (Wildman–Crippen MR) is 137 cm³/mol. The molecule has 8 nitrogen and oxygen atoms in total. The Kier molecular flexibility index (Phi) is 11.7. The lowest BCUT2D eigenvalue weighted by atomic mass is 9.93. The fourth-order valence-corrected chi connectivity index (χ4v) is 3.74. The summed E-state index contributed by atoms with van der Waals surface area (Å²) in [5.74, 6) is -1.10. The van der Waals surface area contributed by atoms with Gasteiger partial charge >= 0.3 is 6.09 Å². The van der Waals surface area contributed by atoms with Crippen molar-refractivity contribution in [2.45, 2.75) is 92.3 Å². The minimum Gasteiger partial charge on any atom is -0.444 e. The van der Waals surface area contributed by atoms with E-state index in [-0.39, 0.29) is 18.4 Å². The zero-order chi connectivity index (χ0) is 26.8. The first-order chi connectivity index (χ1) is 16.4. The normalized spacial score (nSPS) is 13.7. The molecule has 35 heavy (non-hydrogen) atoms. The number of rotatable bonds is 11. The molecule has 194 valence electrons. The lowest BCUT2D eigenvalue weighted by Crippen LogP contribution is -2.55. The molecule has 0 aliphatic carbocycles. The van der Waals surface area contributed by atoms with Gasteiger partial charge in [0.2, 0.25) is 11.8 Å². The molecule has 1 rings (SSSR count). The van der Waals surface area contributed by atoms with Crippen molar-refractivity contribution in [3.8, 4) is 6.07 Å². The Morgan fingerprint density at radius 1 is 1.17 bits per heavy atom. The van der Waals surface area contributed by atoms with Crippen molar-refractivity contribution in [3.05, 3.63) is 34.9 Å². The number of amides is 3. The van der Waals surface area contributed by atoms with Gasteiger partial charge in [-0.25, -0.2) is 4.79 Å². The fourth-order valence-electron chi connectivity index (χ4n) is 3.74. The monoisotopic (exact) mass is 486 g/mol. The van der Waals surface area contributed by atoms with Crippen LogP contribution in [-0.2, 0) is 14.3 Å². The third-order valence-corrected chi connectivity index (χ3v) is 5.78. The van der Waals surface area contributed by atoms with E-state index >= 15 is 0 Å². The second-order valence-corrected chi connectivity index (χ2v) is 10.0. The lowest BCUT2D eigenvalue weighted by molar-refractivity contribution is -0.142. The molecule has 0 fully saturated rings. The molecule has 0 aromatic heterocycles. The summed E-state index contributed by atoms with van der Waals surface area (Å²) in [6.45, 7) is 15.0. The van der Waals surface area contributed by atoms with Gasteiger partial charge in [0.15, 0.2) is 0 Å². The third-order valence-electron chi connectivity index (χ3n) is 5.78. The van der Waals surface area contributed by atoms with Crippen LogP contribution in [0.2, 0.25) is 0 Å². The van der Waals surface area contributed by atoms with Gasteiger partial charge in [-0.3, -0.25) is 9.59 Å². The van der Waals surface area contributed by atoms with Crippen LogP contribution in [0.5, 0.6) is 0 Å². The summed E-state index contributed by atoms with van der Waals surface area (Å²) in [7, 11) is 0. The minimum atomic E-state index is -1.01. The number of nitriles is 1. The predicted octanol–water partition coefficient (Wildman–Crippen LogP) is 4.55. The Balaban J connectivity index is 3.49. The molecule has 0 saturated heterocycles. The van der Waals surface area contributed by atoms with Crippen LogP contribution in [0.3, 0.4) is 0 Å². The average Bonchev–Trinajstić information content (AvgIpc) is 2.76. The van der Waals surface area contributed by atoms with Gasteiger partial charge in [-0.1, -0.05) is 57.4 Å². The van der Waals surface area contributed by atoms with Crippen LogP contribution in [-0.4, -0.2) is 47.5 Å². The topological polar surface area (TPSA) is 112 Å². The molecule has 0 bridgehead atoms. The van der Waals surface area contributed by atoms with Crippen molar-refractivity contribution >= 4 is 17.9 Å². The highest BCUT2D eigenvalue weighted by Crippen LogP contribution is 2.27. The summed E-state index contributed by atoms with van der Waals surface area (Å²) >= 11 is 0. The molecule has 3 amide bonds. The highest BCUT2D eigenvalue weighted by Gasteiger charge is 2.38. The largest absolute Gasteiger partial charge is 0.444 e. The summed E-state index contributed by atoms with van der Waals surface area (Å²) in [5, 5.41) is 15.2. The van der Waals surface area contributed by atoms with Crippen LogP contribution in [0, 0.1) is 31.1 Å². The number of nitrogens with one attached hydrogen (secondary N) is 2. The van der Waals surface area contributed by atoms with E-state index < -0.39 is 29.7 Å². The van der Waals surface area contributed by atoms with Gasteiger partial charge in [-0.2, -0.15) is 5.26 Å². The van der Waals surface area contributed by atoms with Crippen LogP contribution in [0.4, 0.5) is 4.79 Å². The molecule has 2 N–H and O–H groups in total. The van der Waals surface area contributed by atoms with Crippen LogP contribution in [0.15, 0.2) is 18.2 Å². The van der Waals surface area contributed by atoms with Crippen LogP contribution >= 0.6 is 0 Å². The molecule has 1 aromatic carbocycles. The molecule has 1 aromatic rings. The number of unbranched alkanes of at least 4 members (excludes halogenated alkanes) is 1. The number of nitrogens with zero attached hydrogens (tertiary/aromatic N) is 2. The summed E-state index contributed by atoms with van der Waals surface area (Å²) in [5.41, 5.74) is 1.78. The van der Waals surface area contributed by atoms with Crippen molar-refractivity contribution in [2.75, 3.05) is 13.1 Å². The molecule has 0 saturated carbocycles. The number of carbonyl (C=O) groups is 3. The Hall–Kier alpha value is -3.08. The van der Waals surface area contributed by atoms with E-state index in [2.05, 4.69) is 10.6 Å². The van der Waals surface area contributed by atoms with Crippen molar-refractivity contribution < 1.29 is 19.1 Å². The number of aryl methyl sites for hydroxylation is 2. The first kappa shape index (κ1) is 30.0. The Bertz CT molecular complexity index is 917. The quantitative estimate of drug-likeness (QED) is 0.352. The molecule has 0 spiro atoms. The van der Waals surface area contributed by atoms with E-state index in [9.17, 15) is 19.6 Å². The highest BCUT2D eigenvalue weighted by molar-refractivity contribution is 5.92. The van der Waals surface area contributed by atoms with Gasteiger partial charge in [0, 0.05) is 6.54 Å². The summed E-state index contributed by atoms with van der Waals surface area (Å²) < 4.78 is 5.38. The molecule has 0 heterocycles. The van der Waals surface area contributed by atoms with Crippen molar-refractivity contribution in [3.63, 3.8) is 0 Å². The zero-order valence-electron chi connectivity index (χ0n) is 22.5. The number of benzene rings is 1. The second-order valence-electron chi connectivity index (χ2n) is 10.0. The number of alkyl carbamates (subject to hydrolysis) is 1. The van der Waals surface area contributed by atoms with Gasteiger partial charge in [0.25, 0.3) is 0 Å². The van der Waals surface area contributed by atoms with E-state index in [0.29, 0.717) is 18.5 Å². The summed E-state index contributed by atoms with van der Waals surface area (Å²) in [4.78, 5) is 41.1. The zero-order valence-corrected chi connectivity index (χ0v) is 22.5. The van der Waals surface area contributed by atoms with E-state index in [0.717, 1.165) is 24.0 Å². The van der Waals surface area contributed by atoms with E-state index in [4.69, 9.17) is 4.74 Å². The molecular weight excluding hydrogens is 444 g/mol. The maximum absolute atomic E-state index is 13.9. The van der Waals surface area contributed by atoms with E-state index in [1.54, 1.807) is 20.8 Å². The number of ether oxygens (including phenoxy) is 1. The van der Waals surface area contributed by atoms with Gasteiger partial charge in [0.05, 0.1) is 6.07 Å². The van der Waals surface area contributed by atoms with Crippen molar-refractivity contribution in [1.29, 1.82) is 5.26 Å². The van der Waals surface area contributed by atoms with Gasteiger partial charge < -0.3 is 20.3 Å². The first-order valence-corrected chi connectivity index (χ1v) is 12.4. The fraction of sp³-hybridized carbons (Fsp3) is 0.630. The standard InChI is InChI=1S/C27H42N4O4/c1-9-11-15-29-24(32)23(21-13-12-18(3)17-20(21)5)31(16-14-28)25(33)22(19(4)10-2)30-26(34)35-27(6,7)8/h12-13,17,19,22-23H,9-11,15-16H2,1-8H3,(H,29,32)(H,30,34). The lowest BCUT2D eigenvalue weighted by Gasteiger charge is -2.35. The first-order valence-electron chi connectivity index (χ1n) is 12.4. The van der Waals surface area contributed by atoms with E-state index in [1.165, 1.54) is 4.90 Å². The maximum Gasteiger partial charge on any atom is 0.408 e. The molecular formula is C27H42N4O4. The van der Waals surface area contributed by atoms with Gasteiger partial charge in [0.1, 0.15) is 24.2 Å². The summed E-state index contributed by atoms with van der Waals surface area (Å²) in [6.07, 6.45) is 1.59. The maximum atomic E-state index is 13.9. The molecule has 0 aliphatic heterocycles. The SMILES string of the molecule is CCCCNC(=O)C(c1ccc(C)cc1C)N(CC#N)C(=O)C(NC(=O)OC(C)(C)C)C(C)CC. The van der Waals surface area contributed by atoms with Crippen LogP contribution in [0.25, 0.3) is 0 Å². The molecule has 0 radical (unpaired) electrons.